The zero-order chi connectivity index (χ0) is 34.4. The van der Waals surface area contributed by atoms with Gasteiger partial charge in [0, 0.05) is 38.5 Å². The van der Waals surface area contributed by atoms with Crippen molar-refractivity contribution in [2.45, 2.75) is 0 Å². The van der Waals surface area contributed by atoms with Gasteiger partial charge >= 0.3 is 0 Å². The van der Waals surface area contributed by atoms with E-state index in [1.165, 1.54) is 27.2 Å². The summed E-state index contributed by atoms with van der Waals surface area (Å²) >= 11 is 0. The molecule has 7 aromatic carbocycles. The summed E-state index contributed by atoms with van der Waals surface area (Å²) in [7, 11) is 0. The molecular formula is C47H31N5. The van der Waals surface area contributed by atoms with Crippen LogP contribution >= 0.6 is 0 Å². The van der Waals surface area contributed by atoms with Crippen LogP contribution in [0.3, 0.4) is 0 Å². The Morgan fingerprint density at radius 3 is 1.40 bits per heavy atom. The molecule has 0 unspecified atom stereocenters. The van der Waals surface area contributed by atoms with Gasteiger partial charge in [0.05, 0.1) is 16.6 Å². The van der Waals surface area contributed by atoms with Crippen LogP contribution < -0.4 is 0 Å². The molecule has 0 aliphatic heterocycles. The molecule has 244 valence electrons. The maximum absolute atomic E-state index is 4.99. The number of nitrogens with zero attached hydrogens (tertiary/aromatic N) is 5. The lowest BCUT2D eigenvalue weighted by Gasteiger charge is -2.15. The Morgan fingerprint density at radius 2 is 0.769 bits per heavy atom. The lowest BCUT2D eigenvalue weighted by molar-refractivity contribution is 1.00. The SMILES string of the molecule is c1ccc(-c2nc(-c3ccccc3)nc(-c3cccc(-c4cccc(-n5c(-n6c7ccccc7c7ccccc76)cc6ccccc65)c4)c3)n2)cc1. The minimum Gasteiger partial charge on any atom is -0.295 e. The Hall–Kier alpha value is -7.11. The lowest BCUT2D eigenvalue weighted by Crippen LogP contribution is -2.04. The van der Waals surface area contributed by atoms with Crippen LogP contribution in [0.25, 0.3) is 89.5 Å². The average Bonchev–Trinajstić information content (AvgIpc) is 3.77. The molecule has 52 heavy (non-hydrogen) atoms. The number of hydrogen-bond acceptors (Lipinski definition) is 3. The second-order valence-corrected chi connectivity index (χ2v) is 12.9. The summed E-state index contributed by atoms with van der Waals surface area (Å²) in [6.07, 6.45) is 0. The van der Waals surface area contributed by atoms with Crippen LogP contribution in [0.15, 0.2) is 188 Å². The topological polar surface area (TPSA) is 48.5 Å². The first-order valence-corrected chi connectivity index (χ1v) is 17.5. The Balaban J connectivity index is 1.12. The summed E-state index contributed by atoms with van der Waals surface area (Å²) in [5.74, 6) is 3.02. The molecule has 3 heterocycles. The van der Waals surface area contributed by atoms with Gasteiger partial charge in [-0.25, -0.2) is 15.0 Å². The lowest BCUT2D eigenvalue weighted by atomic mass is 10.0. The van der Waals surface area contributed by atoms with Crippen molar-refractivity contribution in [3.05, 3.63) is 188 Å². The number of rotatable bonds is 6. The van der Waals surface area contributed by atoms with Crippen molar-refractivity contribution in [1.29, 1.82) is 0 Å². The molecule has 10 rings (SSSR count). The van der Waals surface area contributed by atoms with E-state index in [9.17, 15) is 0 Å². The van der Waals surface area contributed by atoms with Gasteiger partial charge in [0.2, 0.25) is 0 Å². The number of fused-ring (bicyclic) bond motifs is 4. The van der Waals surface area contributed by atoms with E-state index in [1.807, 2.05) is 60.7 Å². The largest absolute Gasteiger partial charge is 0.295 e. The monoisotopic (exact) mass is 665 g/mol. The standard InChI is InChI=1S/C47H31N5/c1-3-15-32(16-4-1)45-48-46(33-17-5-2-6-18-33)50-47(49-45)37-22-13-20-34(29-37)35-21-14-23-38(30-35)51-41-26-10-7-19-36(41)31-44(51)52-42-27-11-8-24-39(42)40-25-9-12-28-43(40)52/h1-31H. The number of benzene rings is 7. The highest BCUT2D eigenvalue weighted by molar-refractivity contribution is 6.09. The van der Waals surface area contributed by atoms with E-state index < -0.39 is 0 Å². The van der Waals surface area contributed by atoms with Gasteiger partial charge in [-0.05, 0) is 53.6 Å². The summed E-state index contributed by atoms with van der Waals surface area (Å²) in [6, 6.07) is 65.7. The van der Waals surface area contributed by atoms with Crippen molar-refractivity contribution >= 4 is 32.7 Å². The first kappa shape index (κ1) is 29.8. The molecule has 0 atom stereocenters. The van der Waals surface area contributed by atoms with E-state index in [-0.39, 0.29) is 0 Å². The summed E-state index contributed by atoms with van der Waals surface area (Å²) in [4.78, 5) is 14.9. The number of para-hydroxylation sites is 3. The van der Waals surface area contributed by atoms with Crippen LogP contribution in [-0.2, 0) is 0 Å². The van der Waals surface area contributed by atoms with E-state index in [0.29, 0.717) is 17.5 Å². The highest BCUT2D eigenvalue weighted by Gasteiger charge is 2.19. The van der Waals surface area contributed by atoms with E-state index in [1.54, 1.807) is 0 Å². The summed E-state index contributed by atoms with van der Waals surface area (Å²) in [5, 5.41) is 3.67. The van der Waals surface area contributed by atoms with Crippen molar-refractivity contribution in [2.24, 2.45) is 0 Å². The molecule has 0 spiro atoms. The zero-order valence-electron chi connectivity index (χ0n) is 28.1. The van der Waals surface area contributed by atoms with Gasteiger partial charge in [-0.15, -0.1) is 0 Å². The maximum atomic E-state index is 4.99. The number of aromatic nitrogens is 5. The van der Waals surface area contributed by atoms with Crippen LogP contribution in [0, 0.1) is 0 Å². The molecule has 0 saturated carbocycles. The molecule has 0 fully saturated rings. The molecule has 0 aliphatic carbocycles. The molecule has 10 aromatic rings. The summed E-state index contributed by atoms with van der Waals surface area (Å²) < 4.78 is 4.78. The van der Waals surface area contributed by atoms with Crippen molar-refractivity contribution < 1.29 is 0 Å². The first-order valence-electron chi connectivity index (χ1n) is 17.5. The predicted octanol–water partition coefficient (Wildman–Crippen LogP) is 11.6. The number of hydrogen-bond donors (Lipinski definition) is 0. The highest BCUT2D eigenvalue weighted by Crippen LogP contribution is 2.37. The molecule has 0 N–H and O–H groups in total. The van der Waals surface area contributed by atoms with E-state index >= 15 is 0 Å². The summed E-state index contributed by atoms with van der Waals surface area (Å²) in [6.45, 7) is 0. The molecule has 0 radical (unpaired) electrons. The van der Waals surface area contributed by atoms with E-state index in [4.69, 9.17) is 15.0 Å². The first-order chi connectivity index (χ1) is 25.8. The van der Waals surface area contributed by atoms with Gasteiger partial charge in [0.15, 0.2) is 17.5 Å². The maximum Gasteiger partial charge on any atom is 0.164 e. The van der Waals surface area contributed by atoms with Gasteiger partial charge in [0.25, 0.3) is 0 Å². The van der Waals surface area contributed by atoms with Gasteiger partial charge < -0.3 is 0 Å². The van der Waals surface area contributed by atoms with Crippen LogP contribution in [0.4, 0.5) is 0 Å². The molecule has 0 amide bonds. The smallest absolute Gasteiger partial charge is 0.164 e. The van der Waals surface area contributed by atoms with Crippen LogP contribution in [0.1, 0.15) is 0 Å². The third-order valence-corrected chi connectivity index (χ3v) is 9.76. The third kappa shape index (κ3) is 5.07. The molecule has 5 heteroatoms. The van der Waals surface area contributed by atoms with Gasteiger partial charge in [-0.3, -0.25) is 9.13 Å². The van der Waals surface area contributed by atoms with Crippen molar-refractivity contribution in [1.82, 2.24) is 24.1 Å². The molecule has 3 aromatic heterocycles. The van der Waals surface area contributed by atoms with Crippen LogP contribution in [0.2, 0.25) is 0 Å². The Morgan fingerprint density at radius 1 is 0.308 bits per heavy atom. The molecular weight excluding hydrogens is 635 g/mol. The average molecular weight is 666 g/mol. The van der Waals surface area contributed by atoms with Gasteiger partial charge in [-0.1, -0.05) is 146 Å². The molecule has 0 bridgehead atoms. The van der Waals surface area contributed by atoms with Gasteiger partial charge in [-0.2, -0.15) is 0 Å². The normalized spacial score (nSPS) is 11.5. The Bertz CT molecular complexity index is 2790. The van der Waals surface area contributed by atoms with Crippen LogP contribution in [0.5, 0.6) is 0 Å². The highest BCUT2D eigenvalue weighted by atomic mass is 15.2. The van der Waals surface area contributed by atoms with Crippen molar-refractivity contribution in [3.63, 3.8) is 0 Å². The minimum absolute atomic E-state index is 0.635. The molecule has 0 aliphatic rings. The quantitative estimate of drug-likeness (QED) is 0.178. The zero-order valence-corrected chi connectivity index (χ0v) is 28.1. The third-order valence-electron chi connectivity index (χ3n) is 9.76. The molecule has 5 nitrogen and oxygen atoms in total. The Kier molecular flexibility index (Phi) is 7.07. The Labute approximate surface area is 300 Å². The predicted molar refractivity (Wildman–Crippen MR) is 213 cm³/mol. The second kappa shape index (κ2) is 12.3. The van der Waals surface area contributed by atoms with E-state index in [0.717, 1.165) is 44.8 Å². The van der Waals surface area contributed by atoms with E-state index in [2.05, 4.69) is 137 Å². The minimum atomic E-state index is 0.635. The fraction of sp³-hybridized carbons (Fsp3) is 0. The second-order valence-electron chi connectivity index (χ2n) is 12.9. The van der Waals surface area contributed by atoms with Crippen LogP contribution in [-0.4, -0.2) is 24.1 Å². The van der Waals surface area contributed by atoms with Crippen molar-refractivity contribution in [3.8, 4) is 56.8 Å². The fourth-order valence-electron chi connectivity index (χ4n) is 7.35. The van der Waals surface area contributed by atoms with Gasteiger partial charge in [0.1, 0.15) is 5.82 Å². The fourth-order valence-corrected chi connectivity index (χ4v) is 7.35. The summed E-state index contributed by atoms with van der Waals surface area (Å²) in [5.41, 5.74) is 9.60. The van der Waals surface area contributed by atoms with Crippen molar-refractivity contribution in [2.75, 3.05) is 0 Å². The molecule has 0 saturated heterocycles.